The van der Waals surface area contributed by atoms with Gasteiger partial charge in [0.25, 0.3) is 5.56 Å². The lowest BCUT2D eigenvalue weighted by Gasteiger charge is -2.06. The Morgan fingerprint density at radius 1 is 1.24 bits per heavy atom. The van der Waals surface area contributed by atoms with Gasteiger partial charge < -0.3 is 5.32 Å². The van der Waals surface area contributed by atoms with Gasteiger partial charge in [-0.2, -0.15) is 9.61 Å². The lowest BCUT2D eigenvalue weighted by atomic mass is 10.1. The number of nitrogens with zero attached hydrogens (tertiary/aromatic N) is 4. The lowest BCUT2D eigenvalue weighted by molar-refractivity contribution is -0.116. The normalized spacial score (nSPS) is 11.6. The minimum atomic E-state index is -0.166. The van der Waals surface area contributed by atoms with Crippen LogP contribution in [0.4, 0.5) is 5.69 Å². The van der Waals surface area contributed by atoms with Crippen LogP contribution in [0.5, 0.6) is 0 Å². The number of fused-ring (bicyclic) bond motifs is 2. The predicted molar refractivity (Wildman–Crippen MR) is 119 cm³/mol. The minimum Gasteiger partial charge on any atom is -0.326 e. The molecule has 0 radical (unpaired) electrons. The van der Waals surface area contributed by atoms with E-state index in [-0.39, 0.29) is 11.5 Å². The molecule has 0 aliphatic carbocycles. The van der Waals surface area contributed by atoms with Crippen molar-refractivity contribution in [1.82, 2.24) is 19.6 Å². The Morgan fingerprint density at radius 3 is 2.86 bits per heavy atom. The number of nitrogens with one attached hydrogen (secondary N) is 1. The molecule has 3 heterocycles. The number of hydrogen-bond acceptors (Lipinski definition) is 8. The molecule has 3 aromatic heterocycles. The predicted octanol–water partition coefficient (Wildman–Crippen LogP) is 4.35. The van der Waals surface area contributed by atoms with Gasteiger partial charge in [0.05, 0.1) is 15.9 Å². The summed E-state index contributed by atoms with van der Waals surface area (Å²) in [5.41, 5.74) is 2.22. The van der Waals surface area contributed by atoms with E-state index in [1.165, 1.54) is 21.9 Å². The van der Waals surface area contributed by atoms with Crippen LogP contribution in [0.1, 0.15) is 31.0 Å². The van der Waals surface area contributed by atoms with E-state index in [1.54, 1.807) is 23.1 Å². The van der Waals surface area contributed by atoms with E-state index in [9.17, 15) is 9.59 Å². The number of amides is 1. The second-order valence-corrected chi connectivity index (χ2v) is 10.4. The van der Waals surface area contributed by atoms with Gasteiger partial charge in [0.2, 0.25) is 10.9 Å². The van der Waals surface area contributed by atoms with Crippen molar-refractivity contribution >= 4 is 61.2 Å². The number of thioether (sulfide) groups is 1. The third kappa shape index (κ3) is 4.65. The van der Waals surface area contributed by atoms with E-state index in [0.717, 1.165) is 25.3 Å². The monoisotopic (exact) mass is 445 g/mol. The Bertz CT molecular complexity index is 1260. The second kappa shape index (κ2) is 8.21. The number of benzene rings is 1. The maximum Gasteiger partial charge on any atom is 0.275 e. The number of anilines is 1. The number of aryl methyl sites for hydroxylation is 1. The van der Waals surface area contributed by atoms with Crippen molar-refractivity contribution in [1.29, 1.82) is 0 Å². The summed E-state index contributed by atoms with van der Waals surface area (Å²) < 4.78 is 3.24. The van der Waals surface area contributed by atoms with E-state index in [4.69, 9.17) is 0 Å². The zero-order valence-electron chi connectivity index (χ0n) is 16.1. The summed E-state index contributed by atoms with van der Waals surface area (Å²) in [7, 11) is 0. The van der Waals surface area contributed by atoms with Gasteiger partial charge in [-0.05, 0) is 31.0 Å². The lowest BCUT2D eigenvalue weighted by Crippen LogP contribution is -2.15. The van der Waals surface area contributed by atoms with Gasteiger partial charge >= 0.3 is 0 Å². The standard InChI is InChI=1S/C19H19N5O2S3/c1-10(2)6-16(25)20-12-4-5-14-15(7-12)29-19(22-14)27-9-13-8-17(26)24-18(21-13)28-11(3)23-24/h4-5,7-8,10H,6,9H2,1-3H3,(H,20,25). The summed E-state index contributed by atoms with van der Waals surface area (Å²) in [5, 5.41) is 7.90. The molecule has 0 spiro atoms. The summed E-state index contributed by atoms with van der Waals surface area (Å²) in [5.74, 6) is 0.893. The molecular weight excluding hydrogens is 426 g/mol. The minimum absolute atomic E-state index is 0.0181. The molecule has 1 amide bonds. The van der Waals surface area contributed by atoms with Crippen LogP contribution in [0.15, 0.2) is 33.4 Å². The maximum atomic E-state index is 12.2. The van der Waals surface area contributed by atoms with Crippen LogP contribution in [0.3, 0.4) is 0 Å². The molecule has 0 saturated heterocycles. The average Bonchev–Trinajstić information content (AvgIpc) is 3.21. The van der Waals surface area contributed by atoms with E-state index < -0.39 is 0 Å². The number of hydrogen-bond donors (Lipinski definition) is 1. The Morgan fingerprint density at radius 2 is 2.07 bits per heavy atom. The molecule has 0 aliphatic rings. The highest BCUT2D eigenvalue weighted by Crippen LogP contribution is 2.32. The van der Waals surface area contributed by atoms with Crippen molar-refractivity contribution in [2.45, 2.75) is 37.3 Å². The molecular formula is C19H19N5O2S3. The highest BCUT2D eigenvalue weighted by atomic mass is 32.2. The summed E-state index contributed by atoms with van der Waals surface area (Å²) in [6.45, 7) is 5.90. The van der Waals surface area contributed by atoms with Gasteiger partial charge in [-0.25, -0.2) is 9.97 Å². The molecule has 1 N–H and O–H groups in total. The molecule has 10 heteroatoms. The third-order valence-electron chi connectivity index (χ3n) is 3.99. The van der Waals surface area contributed by atoms with Crippen molar-refractivity contribution in [3.63, 3.8) is 0 Å². The molecule has 0 aliphatic heterocycles. The summed E-state index contributed by atoms with van der Waals surface area (Å²) in [4.78, 5) is 33.9. The molecule has 4 rings (SSSR count). The maximum absolute atomic E-state index is 12.2. The van der Waals surface area contributed by atoms with Gasteiger partial charge in [-0.1, -0.05) is 36.9 Å². The molecule has 150 valence electrons. The van der Waals surface area contributed by atoms with Crippen LogP contribution in [0, 0.1) is 12.8 Å². The summed E-state index contributed by atoms with van der Waals surface area (Å²) in [6.07, 6.45) is 0.498. The first kappa shape index (κ1) is 20.0. The molecule has 29 heavy (non-hydrogen) atoms. The molecule has 4 aromatic rings. The first-order valence-corrected chi connectivity index (χ1v) is 11.7. The van der Waals surface area contributed by atoms with Crippen LogP contribution in [-0.2, 0) is 10.5 Å². The summed E-state index contributed by atoms with van der Waals surface area (Å²) >= 11 is 4.51. The van der Waals surface area contributed by atoms with Crippen molar-refractivity contribution < 1.29 is 4.79 Å². The fraction of sp³-hybridized carbons (Fsp3) is 0.316. The van der Waals surface area contributed by atoms with Gasteiger partial charge in [0, 0.05) is 23.9 Å². The van der Waals surface area contributed by atoms with Crippen LogP contribution in [0.2, 0.25) is 0 Å². The first-order chi connectivity index (χ1) is 13.9. The van der Waals surface area contributed by atoms with Crippen molar-refractivity contribution in [3.8, 4) is 0 Å². The molecule has 0 fully saturated rings. The van der Waals surface area contributed by atoms with E-state index in [2.05, 4.69) is 20.4 Å². The van der Waals surface area contributed by atoms with Gasteiger partial charge in [-0.3, -0.25) is 9.59 Å². The SMILES string of the molecule is Cc1nn2c(=O)cc(CSc3nc4ccc(NC(=O)CC(C)C)cc4s3)nc2s1. The zero-order chi connectivity index (χ0) is 20.5. The molecule has 0 atom stereocenters. The number of carbonyl (C=O) groups excluding carboxylic acids is 1. The second-order valence-electron chi connectivity index (χ2n) is 7.00. The van der Waals surface area contributed by atoms with Crippen molar-refractivity contribution in [2.75, 3.05) is 5.32 Å². The van der Waals surface area contributed by atoms with E-state index >= 15 is 0 Å². The Balaban J connectivity index is 1.48. The van der Waals surface area contributed by atoms with E-state index in [0.29, 0.717) is 28.7 Å². The Labute approximate surface area is 179 Å². The molecule has 7 nitrogen and oxygen atoms in total. The van der Waals surface area contributed by atoms with Crippen molar-refractivity contribution in [2.24, 2.45) is 5.92 Å². The van der Waals surface area contributed by atoms with Gasteiger partial charge in [-0.15, -0.1) is 11.3 Å². The van der Waals surface area contributed by atoms with Gasteiger partial charge in [0.15, 0.2) is 4.34 Å². The molecule has 0 bridgehead atoms. The largest absolute Gasteiger partial charge is 0.326 e. The number of carbonyl (C=O) groups is 1. The average molecular weight is 446 g/mol. The van der Waals surface area contributed by atoms with E-state index in [1.807, 2.05) is 39.0 Å². The quantitative estimate of drug-likeness (QED) is 0.444. The van der Waals surface area contributed by atoms with Gasteiger partial charge in [0.1, 0.15) is 5.01 Å². The van der Waals surface area contributed by atoms with Crippen LogP contribution in [-0.4, -0.2) is 25.5 Å². The third-order valence-corrected chi connectivity index (χ3v) is 7.01. The summed E-state index contributed by atoms with van der Waals surface area (Å²) in [6, 6.07) is 7.26. The Hall–Kier alpha value is -2.30. The smallest absolute Gasteiger partial charge is 0.275 e. The highest BCUT2D eigenvalue weighted by Gasteiger charge is 2.11. The number of rotatable bonds is 6. The van der Waals surface area contributed by atoms with Crippen LogP contribution in [0.25, 0.3) is 15.2 Å². The zero-order valence-corrected chi connectivity index (χ0v) is 18.6. The Kier molecular flexibility index (Phi) is 5.66. The number of aromatic nitrogens is 4. The molecule has 0 saturated carbocycles. The molecule has 0 unspecified atom stereocenters. The van der Waals surface area contributed by atoms with Crippen LogP contribution < -0.4 is 10.9 Å². The fourth-order valence-corrected chi connectivity index (χ4v) is 5.55. The number of thiazole rings is 1. The van der Waals surface area contributed by atoms with Crippen LogP contribution >= 0.6 is 34.4 Å². The topological polar surface area (TPSA) is 89.3 Å². The first-order valence-electron chi connectivity index (χ1n) is 9.07. The fourth-order valence-electron chi connectivity index (χ4n) is 2.79. The molecule has 1 aromatic carbocycles. The highest BCUT2D eigenvalue weighted by molar-refractivity contribution is 8.00. The van der Waals surface area contributed by atoms with Crippen molar-refractivity contribution in [3.05, 3.63) is 45.3 Å².